The molecule has 0 saturated carbocycles. The number of imide groups is 3. The van der Waals surface area contributed by atoms with Gasteiger partial charge in [0, 0.05) is 58.7 Å². The third-order valence-electron chi connectivity index (χ3n) is 12.2. The van der Waals surface area contributed by atoms with Crippen LogP contribution in [0.25, 0.3) is 0 Å². The second kappa shape index (κ2) is 35.1. The first-order valence-corrected chi connectivity index (χ1v) is 31.4. The van der Waals surface area contributed by atoms with Gasteiger partial charge in [-0.15, -0.1) is 20.3 Å². The second-order valence-corrected chi connectivity index (χ2v) is 25.3. The zero-order chi connectivity index (χ0) is 61.0. The van der Waals surface area contributed by atoms with E-state index in [0.717, 1.165) is 54.4 Å². The Morgan fingerprint density at radius 2 is 0.774 bits per heavy atom. The van der Waals surface area contributed by atoms with Crippen LogP contribution in [0.1, 0.15) is 106 Å². The van der Waals surface area contributed by atoms with E-state index in [-0.39, 0.29) is 85.5 Å². The van der Waals surface area contributed by atoms with Gasteiger partial charge in [0.2, 0.25) is 0 Å². The molecule has 22 nitrogen and oxygen atoms in total. The summed E-state index contributed by atoms with van der Waals surface area (Å²) in [5.41, 5.74) is 4.77. The summed E-state index contributed by atoms with van der Waals surface area (Å²) in [6.07, 6.45) is 4.64. The summed E-state index contributed by atoms with van der Waals surface area (Å²) >= 11 is 8.83. The van der Waals surface area contributed by atoms with Gasteiger partial charge in [-0.3, -0.25) is 33.6 Å². The molecule has 4 aromatic carbocycles. The summed E-state index contributed by atoms with van der Waals surface area (Å²) in [6, 6.07) is 31.4. The Balaban J connectivity index is 0.000000240. The number of hydrogen-bond donors (Lipinski definition) is 0. The van der Waals surface area contributed by atoms with Crippen LogP contribution in [-0.4, -0.2) is 104 Å². The van der Waals surface area contributed by atoms with Crippen molar-refractivity contribution in [2.75, 3.05) is 0 Å². The number of allylic oxidation sites excluding steroid dienone is 1. The molecule has 84 heavy (non-hydrogen) atoms. The minimum atomic E-state index is -4.97. The van der Waals surface area contributed by atoms with Crippen LogP contribution < -0.4 is 29.6 Å². The van der Waals surface area contributed by atoms with Gasteiger partial charge in [0.15, 0.2) is 0 Å². The summed E-state index contributed by atoms with van der Waals surface area (Å²) in [6.45, 7) is 5.34. The molecule has 4 aromatic rings. The van der Waals surface area contributed by atoms with E-state index < -0.39 is 87.0 Å². The Bertz CT molecular complexity index is 3160. The molecule has 28 heteroatoms. The summed E-state index contributed by atoms with van der Waals surface area (Å²) in [5.74, 6) is -7.09. The molecule has 8 rings (SSSR count). The van der Waals surface area contributed by atoms with Crippen LogP contribution in [0.4, 0.5) is 0 Å². The predicted molar refractivity (Wildman–Crippen MR) is 325 cm³/mol. The van der Waals surface area contributed by atoms with Gasteiger partial charge >= 0.3 is 53.4 Å². The molecule has 0 bridgehead atoms. The third-order valence-corrected chi connectivity index (χ3v) is 16.2. The maximum absolute atomic E-state index is 11.7. The second-order valence-electron chi connectivity index (χ2n) is 18.7. The van der Waals surface area contributed by atoms with Crippen molar-refractivity contribution < 1.29 is 115 Å². The summed E-state index contributed by atoms with van der Waals surface area (Å²) in [5, 5.41) is 0.261. The van der Waals surface area contributed by atoms with Crippen LogP contribution in [0.15, 0.2) is 109 Å². The zero-order valence-electron chi connectivity index (χ0n) is 45.5. The fraction of sp³-hybridized carbons (Fsp3) is 0.339. The Morgan fingerprint density at radius 1 is 0.464 bits per heavy atom. The number of benzene rings is 4. The van der Waals surface area contributed by atoms with Crippen molar-refractivity contribution in [2.24, 2.45) is 5.92 Å². The molecule has 442 valence electrons. The van der Waals surface area contributed by atoms with Gasteiger partial charge in [-0.2, -0.15) is 0 Å². The molecule has 4 aliphatic rings. The Hall–Kier alpha value is -4.78. The predicted octanol–water partition coefficient (Wildman–Crippen LogP) is 4.87. The van der Waals surface area contributed by atoms with Crippen LogP contribution >= 0.6 is 90.4 Å². The number of amides is 7. The molecule has 2 unspecified atom stereocenters. The number of hydrogen-bond acceptors (Lipinski definition) is 18. The SMILES string of the molecule is C=C1CCC(=O)N1OC(=O)CCc1ccc([131I])cc1.CC1CC(=O)N(OC(=O)CCCc2ccc([131I])cc2)C1=O.O=C(CCCc1ccc([131I])cc1)ON1C(=O)CCC1=O.O=C(CCc1ccc([131I])cc1)ON1C(=O)CC(S(=O)(=O)[O-])C1=O.[Na+]. The molecule has 0 N–H and O–H groups in total. The number of halogens is 4. The molecule has 2 atom stereocenters. The number of carbonyl (C=O) groups is 11. The average molecular weight is 1650 g/mol. The molecule has 0 aromatic heterocycles. The molecule has 4 heterocycles. The van der Waals surface area contributed by atoms with Crippen LogP contribution in [-0.2, 0) is 108 Å². The normalized spacial score (nSPS) is 16.5. The quantitative estimate of drug-likeness (QED) is 0.0524. The van der Waals surface area contributed by atoms with Crippen molar-refractivity contribution >= 4 is 166 Å². The van der Waals surface area contributed by atoms with Crippen molar-refractivity contribution in [1.82, 2.24) is 20.3 Å². The van der Waals surface area contributed by atoms with Gasteiger partial charge in [0.05, 0.1) is 25.0 Å². The fourth-order valence-corrected chi connectivity index (χ4v) is 9.85. The number of aryl methyl sites for hydroxylation is 4. The maximum Gasteiger partial charge on any atom is 1.00 e. The van der Waals surface area contributed by atoms with E-state index in [1.54, 1.807) is 6.92 Å². The number of carbonyl (C=O) groups excluding carboxylic acids is 11. The molecular formula is C56H55I4N4NaO18S. The third kappa shape index (κ3) is 23.8. The van der Waals surface area contributed by atoms with Crippen molar-refractivity contribution in [3.63, 3.8) is 0 Å². The Morgan fingerprint density at radius 3 is 1.11 bits per heavy atom. The van der Waals surface area contributed by atoms with Gasteiger partial charge in [-0.25, -0.2) is 27.6 Å². The number of rotatable bonds is 19. The first-order valence-electron chi connectivity index (χ1n) is 25.6. The molecule has 0 spiro atoms. The molecule has 7 amide bonds. The van der Waals surface area contributed by atoms with Gasteiger partial charge in [0.1, 0.15) is 15.4 Å². The summed E-state index contributed by atoms with van der Waals surface area (Å²) in [4.78, 5) is 146. The minimum Gasteiger partial charge on any atom is -0.747 e. The fourth-order valence-electron chi connectivity index (χ4n) is 7.72. The first-order chi connectivity index (χ1) is 39.3. The van der Waals surface area contributed by atoms with Crippen LogP contribution in [0, 0.1) is 20.2 Å². The standard InChI is InChI=1S/C15H16INO4.C14H14INO4.C14H14INO3.C13H12INO7S.Na/c1-10-9-13(18)17(15(10)20)21-14(19)4-2-3-11-5-7-12(16)8-6-11;15-11-6-4-10(5-7-11)2-1-3-14(19)20-16-12(17)8-9-13(16)18;1-10-2-8-13(17)16(10)19-14(18)9-5-11-3-6-12(15)7-4-11;14-9-4-1-8(2-5-9)3-6-12(17)22-15-11(16)7-10(13(15)18)23(19,20)21;/h5-8,10H,2-4,9H2,1H3;4-7H,1-3,8-9H2;3-4,6-7H,1-2,5,8-9H2;1-2,4-5,10H,3,6-7H2,(H,19,20,21);/q;;;;+1/p-1/i16+4;2*15+4;14+4;. The molecule has 0 radical (unpaired) electrons. The zero-order valence-corrected chi connectivity index (χ0v) is 56.9. The smallest absolute Gasteiger partial charge is 0.747 e. The number of nitrogens with zero attached hydrogens (tertiary/aromatic N) is 4. The molecule has 4 saturated heterocycles. The Labute approximate surface area is 561 Å². The monoisotopic (exact) mass is 1650 g/mol. The number of hydroxylamine groups is 8. The Kier molecular flexibility index (Phi) is 30.0. The van der Waals surface area contributed by atoms with Gasteiger partial charge in [-0.05, 0) is 206 Å². The van der Waals surface area contributed by atoms with Crippen molar-refractivity contribution in [1.29, 1.82) is 0 Å². The first kappa shape index (κ1) is 71.7. The van der Waals surface area contributed by atoms with E-state index in [4.69, 9.17) is 14.5 Å². The van der Waals surface area contributed by atoms with Crippen molar-refractivity contribution in [3.8, 4) is 0 Å². The van der Waals surface area contributed by atoms with Crippen LogP contribution in [0.3, 0.4) is 0 Å². The van der Waals surface area contributed by atoms with Gasteiger partial charge in [0.25, 0.3) is 41.4 Å². The molecular weight excluding hydrogens is 1600 g/mol. The van der Waals surface area contributed by atoms with E-state index in [1.807, 2.05) is 97.1 Å². The van der Waals surface area contributed by atoms with E-state index in [9.17, 15) is 65.7 Å². The summed E-state index contributed by atoms with van der Waals surface area (Å²) < 4.78 is 37.1. The average Bonchev–Trinajstić information content (AvgIpc) is 3.56. The van der Waals surface area contributed by atoms with Gasteiger partial charge < -0.3 is 23.9 Å². The largest absolute Gasteiger partial charge is 1.00 e. The van der Waals surface area contributed by atoms with Crippen LogP contribution in [0.5, 0.6) is 0 Å². The molecule has 4 fully saturated rings. The minimum absolute atomic E-state index is 0. The van der Waals surface area contributed by atoms with E-state index in [2.05, 4.69) is 102 Å². The van der Waals surface area contributed by atoms with E-state index in [0.29, 0.717) is 54.3 Å². The van der Waals surface area contributed by atoms with Gasteiger partial charge in [-0.1, -0.05) is 62.0 Å². The van der Waals surface area contributed by atoms with E-state index in [1.165, 1.54) is 0 Å². The summed E-state index contributed by atoms with van der Waals surface area (Å²) in [7, 11) is -4.97. The van der Waals surface area contributed by atoms with Crippen molar-refractivity contribution in [3.05, 3.63) is 146 Å². The van der Waals surface area contributed by atoms with E-state index >= 15 is 0 Å². The van der Waals surface area contributed by atoms with Crippen molar-refractivity contribution in [2.45, 2.75) is 115 Å². The topological polar surface area (TPSA) is 295 Å². The molecule has 0 aliphatic carbocycles. The molecule has 4 aliphatic heterocycles. The van der Waals surface area contributed by atoms with Crippen LogP contribution in [0.2, 0.25) is 0 Å². The maximum atomic E-state index is 11.7.